The Morgan fingerprint density at radius 3 is 2.73 bits per heavy atom. The Hall–Kier alpha value is -3.10. The van der Waals surface area contributed by atoms with Crippen LogP contribution >= 0.6 is 23.1 Å². The van der Waals surface area contributed by atoms with Crippen molar-refractivity contribution in [1.29, 1.82) is 0 Å². The highest BCUT2D eigenvalue weighted by Gasteiger charge is 2.17. The minimum Gasteiger partial charge on any atom is -0.492 e. The van der Waals surface area contributed by atoms with Gasteiger partial charge in [0.05, 0.1) is 23.4 Å². The Bertz CT molecular complexity index is 1390. The van der Waals surface area contributed by atoms with Crippen LogP contribution < -0.4 is 15.6 Å². The third-order valence-electron chi connectivity index (χ3n) is 5.39. The molecule has 0 aliphatic carbocycles. The maximum atomic E-state index is 13.2. The molecule has 0 aliphatic heterocycles. The number of fused-ring (bicyclic) bond motifs is 1. The number of carbonyl (C=O) groups excluding carboxylic acids is 1. The van der Waals surface area contributed by atoms with Crippen LogP contribution in [0.1, 0.15) is 18.1 Å². The van der Waals surface area contributed by atoms with E-state index in [1.165, 1.54) is 38.8 Å². The number of thiophene rings is 1. The summed E-state index contributed by atoms with van der Waals surface area (Å²) in [7, 11) is 1.70. The van der Waals surface area contributed by atoms with Crippen molar-refractivity contribution in [3.63, 3.8) is 0 Å². The fourth-order valence-corrected chi connectivity index (χ4v) is 5.23. The van der Waals surface area contributed by atoms with Crippen molar-refractivity contribution < 1.29 is 9.53 Å². The van der Waals surface area contributed by atoms with Gasteiger partial charge in [0.2, 0.25) is 5.91 Å². The zero-order valence-corrected chi connectivity index (χ0v) is 20.6. The van der Waals surface area contributed by atoms with E-state index >= 15 is 0 Å². The van der Waals surface area contributed by atoms with Crippen molar-refractivity contribution in [2.45, 2.75) is 25.9 Å². The molecule has 1 amide bonds. The maximum absolute atomic E-state index is 13.2. The SMILES string of the molecule is CCOc1ccccc1NC(=O)CSc1nc2scc(-c3ccc(C)c(C)c3)c2c(=O)n1C. The topological polar surface area (TPSA) is 73.2 Å². The van der Waals surface area contributed by atoms with Crippen molar-refractivity contribution in [2.75, 3.05) is 17.7 Å². The van der Waals surface area contributed by atoms with Crippen molar-refractivity contribution in [3.05, 3.63) is 69.3 Å². The van der Waals surface area contributed by atoms with Crippen LogP contribution in [-0.4, -0.2) is 27.8 Å². The average molecular weight is 480 g/mol. The van der Waals surface area contributed by atoms with Crippen molar-refractivity contribution in [1.82, 2.24) is 9.55 Å². The number of ether oxygens (including phenoxy) is 1. The van der Waals surface area contributed by atoms with Crippen LogP contribution in [0.3, 0.4) is 0 Å². The van der Waals surface area contributed by atoms with Crippen LogP contribution in [0.4, 0.5) is 5.69 Å². The molecule has 2 aromatic heterocycles. The van der Waals surface area contributed by atoms with Crippen LogP contribution in [0.25, 0.3) is 21.3 Å². The standard InChI is InChI=1S/C25H25N3O3S2/c1-5-31-20-9-7-6-8-19(20)26-21(29)14-33-25-27-23-22(24(30)28(25)4)18(13-32-23)17-11-10-15(2)16(3)12-17/h6-13H,5,14H2,1-4H3,(H,26,29). The third-order valence-corrected chi connectivity index (χ3v) is 7.29. The lowest BCUT2D eigenvalue weighted by Crippen LogP contribution is -2.21. The first kappa shape index (κ1) is 23.1. The molecule has 0 saturated carbocycles. The lowest BCUT2D eigenvalue weighted by atomic mass is 10.0. The van der Waals surface area contributed by atoms with Gasteiger partial charge in [0.25, 0.3) is 5.56 Å². The molecule has 33 heavy (non-hydrogen) atoms. The van der Waals surface area contributed by atoms with E-state index in [9.17, 15) is 9.59 Å². The van der Waals surface area contributed by atoms with Gasteiger partial charge in [-0.05, 0) is 49.6 Å². The molecular weight excluding hydrogens is 454 g/mol. The molecule has 2 heterocycles. The molecule has 4 rings (SSSR count). The Balaban J connectivity index is 1.56. The molecule has 0 fully saturated rings. The predicted molar refractivity (Wildman–Crippen MR) is 137 cm³/mol. The molecular formula is C25H25N3O3S2. The number of hydrogen-bond donors (Lipinski definition) is 1. The van der Waals surface area contributed by atoms with Crippen LogP contribution in [-0.2, 0) is 11.8 Å². The zero-order chi connectivity index (χ0) is 23.5. The summed E-state index contributed by atoms with van der Waals surface area (Å²) in [5.41, 5.74) is 4.81. The quantitative estimate of drug-likeness (QED) is 0.283. The van der Waals surface area contributed by atoms with Crippen molar-refractivity contribution in [2.24, 2.45) is 7.05 Å². The van der Waals surface area contributed by atoms with Gasteiger partial charge in [-0.25, -0.2) is 4.98 Å². The van der Waals surface area contributed by atoms with E-state index in [-0.39, 0.29) is 17.2 Å². The van der Waals surface area contributed by atoms with E-state index in [1.54, 1.807) is 13.1 Å². The summed E-state index contributed by atoms with van der Waals surface area (Å²) in [6.07, 6.45) is 0. The molecule has 0 radical (unpaired) electrons. The van der Waals surface area contributed by atoms with Gasteiger partial charge < -0.3 is 10.1 Å². The first-order valence-electron chi connectivity index (χ1n) is 10.6. The first-order valence-corrected chi connectivity index (χ1v) is 12.5. The molecule has 2 aromatic carbocycles. The van der Waals surface area contributed by atoms with Crippen molar-refractivity contribution >= 4 is 44.9 Å². The second kappa shape index (κ2) is 9.80. The highest BCUT2D eigenvalue weighted by atomic mass is 32.2. The van der Waals surface area contributed by atoms with E-state index in [4.69, 9.17) is 4.74 Å². The monoisotopic (exact) mass is 479 g/mol. The number of nitrogens with zero attached hydrogens (tertiary/aromatic N) is 2. The number of rotatable bonds is 7. The molecule has 8 heteroatoms. The number of amides is 1. The normalized spacial score (nSPS) is 11.0. The highest BCUT2D eigenvalue weighted by molar-refractivity contribution is 7.99. The van der Waals surface area contributed by atoms with Gasteiger partial charge in [-0.3, -0.25) is 14.2 Å². The number of aryl methyl sites for hydroxylation is 2. The highest BCUT2D eigenvalue weighted by Crippen LogP contribution is 2.33. The van der Waals surface area contributed by atoms with Gasteiger partial charge in [0.1, 0.15) is 10.6 Å². The fraction of sp³-hybridized carbons (Fsp3) is 0.240. The Morgan fingerprint density at radius 1 is 1.18 bits per heavy atom. The van der Waals surface area contributed by atoms with Gasteiger partial charge in [-0.2, -0.15) is 0 Å². The van der Waals surface area contributed by atoms with Crippen LogP contribution in [0.15, 0.2) is 57.8 Å². The summed E-state index contributed by atoms with van der Waals surface area (Å²) in [5, 5.41) is 5.98. The molecule has 0 bridgehead atoms. The van der Waals surface area contributed by atoms with E-state index < -0.39 is 0 Å². The summed E-state index contributed by atoms with van der Waals surface area (Å²) >= 11 is 2.68. The van der Waals surface area contributed by atoms with E-state index in [1.807, 2.05) is 36.6 Å². The largest absolute Gasteiger partial charge is 0.492 e. The smallest absolute Gasteiger partial charge is 0.263 e. The average Bonchev–Trinajstić information content (AvgIpc) is 3.22. The summed E-state index contributed by atoms with van der Waals surface area (Å²) < 4.78 is 7.08. The number of carbonyl (C=O) groups is 1. The summed E-state index contributed by atoms with van der Waals surface area (Å²) in [6, 6.07) is 13.5. The lowest BCUT2D eigenvalue weighted by molar-refractivity contribution is -0.113. The minimum atomic E-state index is -0.191. The zero-order valence-electron chi connectivity index (χ0n) is 19.0. The Morgan fingerprint density at radius 2 is 1.97 bits per heavy atom. The first-order chi connectivity index (χ1) is 15.9. The molecule has 170 valence electrons. The number of benzene rings is 2. The number of thioether (sulfide) groups is 1. The number of anilines is 1. The molecule has 0 aliphatic rings. The van der Waals surface area contributed by atoms with Crippen LogP contribution in [0, 0.1) is 13.8 Å². The van der Waals surface area contributed by atoms with Gasteiger partial charge in [-0.15, -0.1) is 11.3 Å². The number of hydrogen-bond acceptors (Lipinski definition) is 6. The molecule has 0 unspecified atom stereocenters. The Labute approximate surface area is 200 Å². The number of nitrogens with one attached hydrogen (secondary N) is 1. The molecule has 1 N–H and O–H groups in total. The van der Waals surface area contributed by atoms with E-state index in [0.717, 1.165) is 11.1 Å². The minimum absolute atomic E-state index is 0.112. The van der Waals surface area contributed by atoms with E-state index in [0.29, 0.717) is 33.4 Å². The molecule has 6 nitrogen and oxygen atoms in total. The third kappa shape index (κ3) is 4.82. The van der Waals surface area contributed by atoms with Gasteiger partial charge in [0.15, 0.2) is 5.16 Å². The van der Waals surface area contributed by atoms with Crippen LogP contribution in [0.2, 0.25) is 0 Å². The van der Waals surface area contributed by atoms with Crippen molar-refractivity contribution in [3.8, 4) is 16.9 Å². The molecule has 4 aromatic rings. The van der Waals surface area contributed by atoms with E-state index in [2.05, 4.69) is 36.3 Å². The number of para-hydroxylation sites is 2. The lowest BCUT2D eigenvalue weighted by Gasteiger charge is -2.11. The number of aromatic nitrogens is 2. The molecule has 0 saturated heterocycles. The fourth-order valence-electron chi connectivity index (χ4n) is 3.47. The molecule has 0 atom stereocenters. The van der Waals surface area contributed by atoms with Gasteiger partial charge >= 0.3 is 0 Å². The van der Waals surface area contributed by atoms with Gasteiger partial charge in [0, 0.05) is 18.0 Å². The van der Waals surface area contributed by atoms with Crippen LogP contribution in [0.5, 0.6) is 5.75 Å². The predicted octanol–water partition coefficient (Wildman–Crippen LogP) is 5.41. The summed E-state index contributed by atoms with van der Waals surface area (Å²) in [6.45, 7) is 6.54. The molecule has 0 spiro atoms. The second-order valence-electron chi connectivity index (χ2n) is 7.65. The maximum Gasteiger partial charge on any atom is 0.263 e. The van der Waals surface area contributed by atoms with Gasteiger partial charge in [-0.1, -0.05) is 42.1 Å². The summed E-state index contributed by atoms with van der Waals surface area (Å²) in [5.74, 6) is 0.563. The summed E-state index contributed by atoms with van der Waals surface area (Å²) in [4.78, 5) is 31.1. The Kier molecular flexibility index (Phi) is 6.85. The second-order valence-corrected chi connectivity index (χ2v) is 9.45.